The van der Waals surface area contributed by atoms with Crippen LogP contribution in [0.5, 0.6) is 11.5 Å². The van der Waals surface area contributed by atoms with Crippen LogP contribution in [-0.2, 0) is 13.0 Å². The van der Waals surface area contributed by atoms with Gasteiger partial charge in [-0.05, 0) is 79.8 Å². The topological polar surface area (TPSA) is 18.5 Å². The fourth-order valence-corrected chi connectivity index (χ4v) is 4.84. The van der Waals surface area contributed by atoms with E-state index in [4.69, 9.17) is 9.47 Å². The van der Waals surface area contributed by atoms with Crippen molar-refractivity contribution in [2.75, 3.05) is 6.61 Å². The molecule has 0 heterocycles. The monoisotopic (exact) mass is 526 g/mol. The quantitative estimate of drug-likeness (QED) is 0.194. The molecule has 3 aromatic rings. The Morgan fingerprint density at radius 1 is 0.711 bits per heavy atom. The van der Waals surface area contributed by atoms with Gasteiger partial charge in [-0.2, -0.15) is 8.78 Å². The summed E-state index contributed by atoms with van der Waals surface area (Å²) in [7, 11) is 0. The van der Waals surface area contributed by atoms with Crippen molar-refractivity contribution in [3.05, 3.63) is 95.1 Å². The maximum Gasteiger partial charge on any atom is 0.201 e. The molecule has 0 radical (unpaired) electrons. The van der Waals surface area contributed by atoms with Crippen molar-refractivity contribution in [2.24, 2.45) is 11.8 Å². The summed E-state index contributed by atoms with van der Waals surface area (Å²) in [5.74, 6) is -4.13. The van der Waals surface area contributed by atoms with Crippen molar-refractivity contribution in [3.8, 4) is 22.6 Å². The van der Waals surface area contributed by atoms with Crippen LogP contribution in [0, 0.1) is 35.1 Å². The molecule has 38 heavy (non-hydrogen) atoms. The van der Waals surface area contributed by atoms with Gasteiger partial charge in [-0.1, -0.05) is 56.2 Å². The third kappa shape index (κ3) is 6.77. The second kappa shape index (κ2) is 13.0. The van der Waals surface area contributed by atoms with Crippen LogP contribution in [0.4, 0.5) is 17.6 Å². The number of hydrogen-bond acceptors (Lipinski definition) is 2. The number of hydrogen-bond donors (Lipinski definition) is 0. The molecule has 202 valence electrons. The fourth-order valence-electron chi connectivity index (χ4n) is 4.84. The molecule has 4 rings (SSSR count). The fraction of sp³-hybridized carbons (Fsp3) is 0.375. The van der Waals surface area contributed by atoms with Crippen molar-refractivity contribution in [1.29, 1.82) is 0 Å². The van der Waals surface area contributed by atoms with Gasteiger partial charge in [0.1, 0.15) is 6.61 Å². The predicted octanol–water partition coefficient (Wildman–Crippen LogP) is 9.20. The van der Waals surface area contributed by atoms with Crippen LogP contribution in [0.2, 0.25) is 0 Å². The Bertz CT molecular complexity index is 1250. The average Bonchev–Trinajstić information content (AvgIpc) is 2.92. The number of aryl methyl sites for hydroxylation is 1. The minimum absolute atomic E-state index is 0.0437. The third-order valence-electron chi connectivity index (χ3n) is 7.17. The molecule has 0 bridgehead atoms. The average molecular weight is 527 g/mol. The molecule has 2 nitrogen and oxygen atoms in total. The summed E-state index contributed by atoms with van der Waals surface area (Å²) in [6, 6.07) is 12.6. The summed E-state index contributed by atoms with van der Waals surface area (Å²) in [4.78, 5) is 0. The van der Waals surface area contributed by atoms with E-state index in [1.165, 1.54) is 49.4 Å². The zero-order valence-electron chi connectivity index (χ0n) is 21.9. The van der Waals surface area contributed by atoms with Crippen LogP contribution in [0.25, 0.3) is 11.1 Å². The maximum atomic E-state index is 14.8. The molecule has 0 saturated heterocycles. The predicted molar refractivity (Wildman–Crippen MR) is 142 cm³/mol. The minimum Gasteiger partial charge on any atom is -0.491 e. The second-order valence-electron chi connectivity index (χ2n) is 10.0. The highest BCUT2D eigenvalue weighted by Crippen LogP contribution is 2.35. The Morgan fingerprint density at radius 2 is 1.26 bits per heavy atom. The van der Waals surface area contributed by atoms with Gasteiger partial charge in [0.2, 0.25) is 11.6 Å². The van der Waals surface area contributed by atoms with E-state index >= 15 is 0 Å². The Hall–Kier alpha value is -3.28. The molecule has 3 aromatic carbocycles. The summed E-state index contributed by atoms with van der Waals surface area (Å²) in [5.41, 5.74) is 1.21. The molecular formula is C32H34F4O2. The van der Waals surface area contributed by atoms with Crippen LogP contribution in [-0.4, -0.2) is 6.61 Å². The summed E-state index contributed by atoms with van der Waals surface area (Å²) >= 11 is 0. The van der Waals surface area contributed by atoms with Gasteiger partial charge in [0, 0.05) is 11.1 Å². The first-order valence-corrected chi connectivity index (χ1v) is 13.3. The lowest BCUT2D eigenvalue weighted by molar-refractivity contribution is 0.285. The molecule has 1 saturated carbocycles. The molecule has 0 aliphatic heterocycles. The zero-order valence-corrected chi connectivity index (χ0v) is 21.9. The molecule has 0 spiro atoms. The first-order valence-electron chi connectivity index (χ1n) is 13.3. The standard InChI is InChI=1S/C32H34F4O2/c1-3-37-27-18-16-25(29(33)31(27)35)26-17-19-28(32(36)30(26)34)38-20-24-14-12-23(13-15-24)7-5-4-6-22-10-8-21(2)9-11-22/h4,6,12-19,21-22H,3,5,7-11,20H2,1-2H3/b6-4+. The Balaban J connectivity index is 1.33. The van der Waals surface area contributed by atoms with Crippen LogP contribution in [0.1, 0.15) is 57.1 Å². The number of halogens is 4. The SMILES string of the molecule is CCOc1ccc(-c2ccc(OCc3ccc(CC/C=C/C4CCC(C)CC4)cc3)c(F)c2F)c(F)c1F. The highest BCUT2D eigenvalue weighted by molar-refractivity contribution is 5.67. The van der Waals surface area contributed by atoms with Crippen LogP contribution in [0.15, 0.2) is 60.7 Å². The van der Waals surface area contributed by atoms with E-state index in [9.17, 15) is 17.6 Å². The maximum absolute atomic E-state index is 14.8. The summed E-state index contributed by atoms with van der Waals surface area (Å²) in [6.07, 6.45) is 11.8. The molecule has 1 aliphatic rings. The molecule has 0 aromatic heterocycles. The van der Waals surface area contributed by atoms with Gasteiger partial charge in [0.05, 0.1) is 6.61 Å². The molecule has 0 N–H and O–H groups in total. The molecular weight excluding hydrogens is 492 g/mol. The first-order chi connectivity index (χ1) is 18.4. The summed E-state index contributed by atoms with van der Waals surface area (Å²) < 4.78 is 68.7. The van der Waals surface area contributed by atoms with Crippen molar-refractivity contribution in [1.82, 2.24) is 0 Å². The van der Waals surface area contributed by atoms with Crippen molar-refractivity contribution >= 4 is 0 Å². The van der Waals surface area contributed by atoms with Crippen LogP contribution >= 0.6 is 0 Å². The lowest BCUT2D eigenvalue weighted by Crippen LogP contribution is -2.09. The summed E-state index contributed by atoms with van der Waals surface area (Å²) in [6.45, 7) is 4.15. The largest absolute Gasteiger partial charge is 0.491 e. The van der Waals surface area contributed by atoms with Crippen LogP contribution in [0.3, 0.4) is 0 Å². The van der Waals surface area contributed by atoms with Gasteiger partial charge in [-0.15, -0.1) is 0 Å². The van der Waals surface area contributed by atoms with E-state index in [0.29, 0.717) is 5.92 Å². The molecule has 6 heteroatoms. The third-order valence-corrected chi connectivity index (χ3v) is 7.17. The van der Waals surface area contributed by atoms with E-state index in [1.807, 2.05) is 24.3 Å². The van der Waals surface area contributed by atoms with E-state index in [-0.39, 0.29) is 24.7 Å². The Kier molecular flexibility index (Phi) is 9.48. The second-order valence-corrected chi connectivity index (χ2v) is 10.0. The molecule has 0 unspecified atom stereocenters. The molecule has 0 amide bonds. The van der Waals surface area contributed by atoms with Crippen molar-refractivity contribution in [2.45, 2.75) is 59.0 Å². The van der Waals surface area contributed by atoms with Crippen molar-refractivity contribution in [3.63, 3.8) is 0 Å². The Labute approximate surface area is 222 Å². The molecule has 0 atom stereocenters. The van der Waals surface area contributed by atoms with Crippen LogP contribution < -0.4 is 9.47 Å². The number of rotatable bonds is 10. The number of benzene rings is 3. The highest BCUT2D eigenvalue weighted by Gasteiger charge is 2.22. The van der Waals surface area contributed by atoms with Gasteiger partial charge in [0.25, 0.3) is 0 Å². The molecule has 1 fully saturated rings. The van der Waals surface area contributed by atoms with Crippen molar-refractivity contribution < 1.29 is 27.0 Å². The zero-order chi connectivity index (χ0) is 27.1. The normalized spacial score (nSPS) is 17.6. The highest BCUT2D eigenvalue weighted by atomic mass is 19.2. The van der Waals surface area contributed by atoms with E-state index in [1.54, 1.807) is 6.92 Å². The lowest BCUT2D eigenvalue weighted by atomic mass is 9.83. The minimum atomic E-state index is -1.31. The smallest absolute Gasteiger partial charge is 0.201 e. The Morgan fingerprint density at radius 3 is 1.84 bits per heavy atom. The molecule has 1 aliphatic carbocycles. The first kappa shape index (κ1) is 27.7. The van der Waals surface area contributed by atoms with E-state index in [2.05, 4.69) is 19.1 Å². The number of ether oxygens (including phenoxy) is 2. The van der Waals surface area contributed by atoms with Gasteiger partial charge < -0.3 is 9.47 Å². The van der Waals surface area contributed by atoms with E-state index < -0.39 is 34.4 Å². The van der Waals surface area contributed by atoms with E-state index in [0.717, 1.165) is 30.4 Å². The van der Waals surface area contributed by atoms with Gasteiger partial charge in [-0.25, -0.2) is 8.78 Å². The van der Waals surface area contributed by atoms with Gasteiger partial charge in [-0.3, -0.25) is 0 Å². The lowest BCUT2D eigenvalue weighted by Gasteiger charge is -2.23. The van der Waals surface area contributed by atoms with Gasteiger partial charge in [0.15, 0.2) is 23.1 Å². The number of allylic oxidation sites excluding steroid dienone is 2. The van der Waals surface area contributed by atoms with Gasteiger partial charge >= 0.3 is 0 Å². The summed E-state index contributed by atoms with van der Waals surface area (Å²) in [5, 5.41) is 0.